The van der Waals surface area contributed by atoms with Crippen LogP contribution in [0.2, 0.25) is 0 Å². The molecule has 170 valence electrons. The van der Waals surface area contributed by atoms with Crippen LogP contribution in [0.4, 0.5) is 0 Å². The van der Waals surface area contributed by atoms with Gasteiger partial charge in [0.15, 0.2) is 5.78 Å². The molecule has 0 aromatic rings. The van der Waals surface area contributed by atoms with Gasteiger partial charge in [0.2, 0.25) is 5.91 Å². The zero-order chi connectivity index (χ0) is 23.3. The van der Waals surface area contributed by atoms with Gasteiger partial charge in [-0.3, -0.25) is 14.4 Å². The molecule has 5 atom stereocenters. The van der Waals surface area contributed by atoms with Crippen LogP contribution >= 0.6 is 0 Å². The first-order valence-corrected chi connectivity index (χ1v) is 10.8. The second kappa shape index (κ2) is 7.86. The number of allylic oxidation sites excluding steroid dienone is 1. The molecule has 2 aliphatic rings. The van der Waals surface area contributed by atoms with Crippen LogP contribution in [-0.4, -0.2) is 60.8 Å². The van der Waals surface area contributed by atoms with E-state index in [9.17, 15) is 14.4 Å². The van der Waals surface area contributed by atoms with E-state index in [4.69, 9.17) is 4.74 Å². The van der Waals surface area contributed by atoms with Gasteiger partial charge in [-0.05, 0) is 38.6 Å². The van der Waals surface area contributed by atoms with Crippen molar-refractivity contribution >= 4 is 17.5 Å². The first-order valence-electron chi connectivity index (χ1n) is 10.8. The van der Waals surface area contributed by atoms with Crippen molar-refractivity contribution in [2.75, 3.05) is 20.7 Å². The highest BCUT2D eigenvalue weighted by atomic mass is 16.5. The summed E-state index contributed by atoms with van der Waals surface area (Å²) in [6, 6.07) is -1.10. The molecule has 0 unspecified atom stereocenters. The van der Waals surface area contributed by atoms with Crippen LogP contribution in [0.1, 0.15) is 61.3 Å². The monoisotopic (exact) mass is 420 g/mol. The molecule has 0 bridgehead atoms. The van der Waals surface area contributed by atoms with E-state index < -0.39 is 28.5 Å². The van der Waals surface area contributed by atoms with Crippen molar-refractivity contribution in [1.29, 1.82) is 0 Å². The Balaban J connectivity index is 2.46. The highest BCUT2D eigenvalue weighted by molar-refractivity contribution is 5.97. The van der Waals surface area contributed by atoms with Crippen molar-refractivity contribution in [2.24, 2.45) is 22.2 Å². The Kier molecular flexibility index (Phi) is 6.48. The van der Waals surface area contributed by atoms with Crippen LogP contribution in [0.15, 0.2) is 12.7 Å². The normalized spacial score (nSPS) is 33.8. The molecule has 0 spiro atoms. The number of nitrogens with zero attached hydrogens (tertiary/aromatic N) is 1. The van der Waals surface area contributed by atoms with Gasteiger partial charge in [0.05, 0.1) is 24.2 Å². The van der Waals surface area contributed by atoms with Gasteiger partial charge in [0, 0.05) is 24.4 Å². The number of methoxy groups -OCH3 is 1. The molecule has 0 radical (unpaired) electrons. The number of carbonyl (C=O) groups is 3. The summed E-state index contributed by atoms with van der Waals surface area (Å²) in [5.41, 5.74) is -2.27. The average Bonchev–Trinajstić information content (AvgIpc) is 3.28. The predicted octanol–water partition coefficient (Wildman–Crippen LogP) is 3.00. The highest BCUT2D eigenvalue weighted by Crippen LogP contribution is 2.58. The van der Waals surface area contributed by atoms with Crippen LogP contribution in [0.5, 0.6) is 0 Å². The Morgan fingerprint density at radius 1 is 1.27 bits per heavy atom. The minimum Gasteiger partial charge on any atom is -0.376 e. The summed E-state index contributed by atoms with van der Waals surface area (Å²) < 4.78 is 5.86. The minimum atomic E-state index is -0.677. The number of rotatable bonds is 8. The van der Waals surface area contributed by atoms with Gasteiger partial charge >= 0.3 is 0 Å². The third kappa shape index (κ3) is 3.77. The van der Waals surface area contributed by atoms with Crippen LogP contribution in [0.3, 0.4) is 0 Å². The van der Waals surface area contributed by atoms with Crippen molar-refractivity contribution in [2.45, 2.75) is 79.0 Å². The second-order valence-corrected chi connectivity index (χ2v) is 11.0. The van der Waals surface area contributed by atoms with Gasteiger partial charge in [-0.1, -0.05) is 40.7 Å². The Morgan fingerprint density at radius 2 is 1.83 bits per heavy atom. The molecule has 6 heteroatoms. The molecular weight excluding hydrogens is 380 g/mol. The van der Waals surface area contributed by atoms with Crippen LogP contribution < -0.4 is 5.32 Å². The molecule has 1 aliphatic carbocycles. The van der Waals surface area contributed by atoms with E-state index in [1.165, 1.54) is 0 Å². The summed E-state index contributed by atoms with van der Waals surface area (Å²) in [4.78, 5) is 41.4. The summed E-state index contributed by atoms with van der Waals surface area (Å²) >= 11 is 0. The van der Waals surface area contributed by atoms with Crippen molar-refractivity contribution in [1.82, 2.24) is 10.2 Å². The summed E-state index contributed by atoms with van der Waals surface area (Å²) in [7, 11) is 3.40. The number of amides is 1. The Hall–Kier alpha value is -1.53. The van der Waals surface area contributed by atoms with Gasteiger partial charge in [0.1, 0.15) is 5.78 Å². The van der Waals surface area contributed by atoms with Gasteiger partial charge in [-0.2, -0.15) is 0 Å². The summed E-state index contributed by atoms with van der Waals surface area (Å²) in [5, 5.41) is 3.14. The minimum absolute atomic E-state index is 0.0201. The maximum absolute atomic E-state index is 13.7. The Labute approximate surface area is 181 Å². The predicted molar refractivity (Wildman–Crippen MR) is 118 cm³/mol. The van der Waals surface area contributed by atoms with E-state index in [2.05, 4.69) is 11.9 Å². The zero-order valence-corrected chi connectivity index (χ0v) is 20.2. The van der Waals surface area contributed by atoms with Gasteiger partial charge in [-0.15, -0.1) is 6.58 Å². The number of carbonyl (C=O) groups excluding carboxylic acids is 3. The van der Waals surface area contributed by atoms with Gasteiger partial charge < -0.3 is 15.0 Å². The molecule has 1 amide bonds. The molecule has 1 aliphatic heterocycles. The number of ketones is 2. The van der Waals surface area contributed by atoms with Crippen LogP contribution in [-0.2, 0) is 19.1 Å². The molecule has 0 aromatic heterocycles. The fourth-order valence-corrected chi connectivity index (χ4v) is 5.28. The lowest BCUT2D eigenvalue weighted by Gasteiger charge is -2.39. The molecule has 0 aromatic carbocycles. The molecule has 1 saturated carbocycles. The topological polar surface area (TPSA) is 75.7 Å². The van der Waals surface area contributed by atoms with Crippen molar-refractivity contribution in [3.8, 4) is 0 Å². The number of Topliss-reactive ketones (excluding diaryl/α,β-unsaturated/α-hetero) is 2. The molecule has 1 saturated heterocycles. The smallest absolute Gasteiger partial charge is 0.240 e. The first kappa shape index (κ1) is 24.7. The van der Waals surface area contributed by atoms with Crippen molar-refractivity contribution < 1.29 is 19.1 Å². The fraction of sp³-hybridized carbons (Fsp3) is 0.792. The van der Waals surface area contributed by atoms with E-state index in [-0.39, 0.29) is 35.2 Å². The molecule has 2 fully saturated rings. The maximum atomic E-state index is 13.7. The Morgan fingerprint density at radius 3 is 2.20 bits per heavy atom. The largest absolute Gasteiger partial charge is 0.376 e. The SMILES string of the molecule is C=C[C@@H]1C[C@]1(CC(=O)[C@H]1N(C(=O)[C@@H](NC)C(C)(C)C)C[C@](C)(OC)C1(C)C)C(C)=O. The van der Waals surface area contributed by atoms with Crippen molar-refractivity contribution in [3.05, 3.63) is 12.7 Å². The van der Waals surface area contributed by atoms with Crippen molar-refractivity contribution in [3.63, 3.8) is 0 Å². The maximum Gasteiger partial charge on any atom is 0.240 e. The van der Waals surface area contributed by atoms with Crippen LogP contribution in [0.25, 0.3) is 0 Å². The molecule has 6 nitrogen and oxygen atoms in total. The standard InChI is InChI=1S/C24H40N2O4/c1-11-16-12-24(16,15(2)27)13-17(28)19-22(6,7)23(8,30-10)14-26(19)20(29)18(25-9)21(3,4)5/h11,16,18-19,25H,1,12-14H2,2-10H3/t16-,18-,19-,23+,24+/m1/s1. The quantitative estimate of drug-likeness (QED) is 0.611. The van der Waals surface area contributed by atoms with Gasteiger partial charge in [-0.25, -0.2) is 0 Å². The lowest BCUT2D eigenvalue weighted by Crippen LogP contribution is -2.56. The average molecular weight is 421 g/mol. The molecular formula is C24H40N2O4. The lowest BCUT2D eigenvalue weighted by atomic mass is 9.71. The summed E-state index contributed by atoms with van der Waals surface area (Å²) in [6.07, 6.45) is 2.56. The summed E-state index contributed by atoms with van der Waals surface area (Å²) in [6.45, 7) is 17.6. The van der Waals surface area contributed by atoms with E-state index in [0.717, 1.165) is 0 Å². The van der Waals surface area contributed by atoms with E-state index in [1.54, 1.807) is 32.1 Å². The van der Waals surface area contributed by atoms with E-state index >= 15 is 0 Å². The lowest BCUT2D eigenvalue weighted by molar-refractivity contribution is -0.144. The first-order chi connectivity index (χ1) is 13.6. The molecule has 1 N–H and O–H groups in total. The van der Waals surface area contributed by atoms with E-state index in [1.807, 2.05) is 41.5 Å². The number of ether oxygens (including phenoxy) is 1. The molecule has 1 heterocycles. The Bertz CT molecular complexity index is 738. The van der Waals surface area contributed by atoms with Crippen LogP contribution in [0, 0.1) is 22.2 Å². The number of hydrogen-bond acceptors (Lipinski definition) is 5. The third-order valence-corrected chi connectivity index (χ3v) is 7.88. The second-order valence-electron chi connectivity index (χ2n) is 11.0. The number of likely N-dealkylation sites (N-methyl/N-ethyl adjacent to an activating group) is 1. The number of likely N-dealkylation sites (tertiary alicyclic amines) is 1. The summed E-state index contributed by atoms with van der Waals surface area (Å²) in [5.74, 6) is -0.129. The third-order valence-electron chi connectivity index (χ3n) is 7.88. The zero-order valence-electron chi connectivity index (χ0n) is 20.2. The fourth-order valence-electron chi connectivity index (χ4n) is 5.28. The highest BCUT2D eigenvalue weighted by Gasteiger charge is 2.64. The van der Waals surface area contributed by atoms with E-state index in [0.29, 0.717) is 13.0 Å². The van der Waals surface area contributed by atoms with Gasteiger partial charge in [0.25, 0.3) is 0 Å². The number of hydrogen-bond donors (Lipinski definition) is 1. The molecule has 30 heavy (non-hydrogen) atoms. The number of nitrogens with one attached hydrogen (secondary N) is 1. The molecule has 2 rings (SSSR count).